The van der Waals surface area contributed by atoms with Crippen LogP contribution >= 0.6 is 0 Å². The number of para-hydroxylation sites is 2. The Morgan fingerprint density at radius 2 is 1.68 bits per heavy atom. The quantitative estimate of drug-likeness (QED) is 0.186. The predicted octanol–water partition coefficient (Wildman–Crippen LogP) is 6.56. The first-order chi connectivity index (χ1) is 19.7. The highest BCUT2D eigenvalue weighted by Crippen LogP contribution is 2.33. The predicted molar refractivity (Wildman–Crippen MR) is 158 cm³/mol. The molecule has 1 amide bonds. The van der Waals surface area contributed by atoms with E-state index in [4.69, 9.17) is 4.98 Å². The smallest absolute Gasteiger partial charge is 0.251 e. The van der Waals surface area contributed by atoms with E-state index in [9.17, 15) is 9.18 Å². The number of unbranched alkanes of at least 4 members (excludes halogenated alkanes) is 1. The average Bonchev–Trinajstić information content (AvgIpc) is 2.99. The summed E-state index contributed by atoms with van der Waals surface area (Å²) in [5.41, 5.74) is 6.34. The molecular formula is C32H31FN6O. The molecule has 202 valence electrons. The number of hydrogen-bond acceptors (Lipinski definition) is 6. The Morgan fingerprint density at radius 1 is 0.850 bits per heavy atom. The lowest BCUT2D eigenvalue weighted by Crippen LogP contribution is -2.24. The zero-order chi connectivity index (χ0) is 27.3. The minimum Gasteiger partial charge on any atom is -0.384 e. The number of fused-ring (bicyclic) bond motifs is 3. The number of nitrogens with one attached hydrogen (secondary N) is 3. The molecule has 5 aromatic rings. The summed E-state index contributed by atoms with van der Waals surface area (Å²) < 4.78 is 14.1. The molecule has 1 aliphatic carbocycles. The van der Waals surface area contributed by atoms with Gasteiger partial charge in [0.2, 0.25) is 0 Å². The van der Waals surface area contributed by atoms with Crippen molar-refractivity contribution in [3.8, 4) is 0 Å². The van der Waals surface area contributed by atoms with E-state index in [1.165, 1.54) is 47.6 Å². The summed E-state index contributed by atoms with van der Waals surface area (Å²) >= 11 is 0. The maximum Gasteiger partial charge on any atom is 0.251 e. The Hall–Kier alpha value is -4.59. The maximum absolute atomic E-state index is 14.1. The summed E-state index contributed by atoms with van der Waals surface area (Å²) in [6.07, 6.45) is 7.72. The number of halogens is 1. The molecule has 0 spiro atoms. The van der Waals surface area contributed by atoms with Crippen LogP contribution in [0.1, 0.15) is 47.3 Å². The zero-order valence-corrected chi connectivity index (χ0v) is 22.2. The Bertz CT molecular complexity index is 1690. The van der Waals surface area contributed by atoms with Crippen LogP contribution in [-0.4, -0.2) is 33.9 Å². The van der Waals surface area contributed by atoms with Crippen LogP contribution in [0.5, 0.6) is 0 Å². The molecule has 0 bridgehead atoms. The van der Waals surface area contributed by atoms with E-state index < -0.39 is 0 Å². The number of nitrogens with zero attached hydrogens (tertiary/aromatic N) is 3. The summed E-state index contributed by atoms with van der Waals surface area (Å²) in [5.74, 6) is -0.0296. The van der Waals surface area contributed by atoms with Gasteiger partial charge >= 0.3 is 0 Å². The highest BCUT2D eigenvalue weighted by Gasteiger charge is 2.18. The van der Waals surface area contributed by atoms with E-state index in [-0.39, 0.29) is 11.7 Å². The molecule has 0 unspecified atom stereocenters. The van der Waals surface area contributed by atoms with Gasteiger partial charge in [-0.1, -0.05) is 30.3 Å². The van der Waals surface area contributed by atoms with Crippen molar-refractivity contribution in [3.05, 3.63) is 95.7 Å². The number of benzene rings is 3. The number of carbonyl (C=O) groups excluding carboxylic acids is 1. The van der Waals surface area contributed by atoms with Gasteiger partial charge < -0.3 is 16.0 Å². The minimum atomic E-state index is -0.367. The van der Waals surface area contributed by atoms with Crippen molar-refractivity contribution >= 4 is 44.9 Å². The molecule has 0 aliphatic heterocycles. The Kier molecular flexibility index (Phi) is 7.48. The molecule has 0 fully saturated rings. The second-order valence-corrected chi connectivity index (χ2v) is 10.1. The van der Waals surface area contributed by atoms with Crippen molar-refractivity contribution in [3.63, 3.8) is 0 Å². The lowest BCUT2D eigenvalue weighted by atomic mass is 9.92. The third-order valence-electron chi connectivity index (χ3n) is 7.39. The van der Waals surface area contributed by atoms with E-state index >= 15 is 0 Å². The molecule has 3 aromatic carbocycles. The monoisotopic (exact) mass is 534 g/mol. The lowest BCUT2D eigenvalue weighted by Gasteiger charge is -2.21. The molecule has 6 rings (SSSR count). The van der Waals surface area contributed by atoms with Crippen LogP contribution in [0.4, 0.5) is 21.6 Å². The number of anilines is 3. The fourth-order valence-electron chi connectivity index (χ4n) is 5.33. The highest BCUT2D eigenvalue weighted by atomic mass is 19.1. The van der Waals surface area contributed by atoms with Gasteiger partial charge in [0.25, 0.3) is 5.91 Å². The van der Waals surface area contributed by atoms with E-state index in [1.807, 2.05) is 6.07 Å². The third kappa shape index (κ3) is 5.43. The van der Waals surface area contributed by atoms with Crippen molar-refractivity contribution in [1.29, 1.82) is 0 Å². The molecule has 2 heterocycles. The summed E-state index contributed by atoms with van der Waals surface area (Å²) in [6, 6.07) is 20.0. The van der Waals surface area contributed by atoms with Gasteiger partial charge in [-0.3, -0.25) is 9.78 Å². The highest BCUT2D eigenvalue weighted by molar-refractivity contribution is 6.00. The van der Waals surface area contributed by atoms with Crippen LogP contribution in [0.2, 0.25) is 0 Å². The van der Waals surface area contributed by atoms with Gasteiger partial charge in [-0.25, -0.2) is 14.4 Å². The van der Waals surface area contributed by atoms with Crippen LogP contribution in [0.25, 0.3) is 21.8 Å². The molecule has 0 radical (unpaired) electrons. The molecule has 40 heavy (non-hydrogen) atoms. The second kappa shape index (κ2) is 11.7. The molecule has 1 aliphatic rings. The molecule has 0 saturated carbocycles. The van der Waals surface area contributed by atoms with Gasteiger partial charge in [-0.05, 0) is 80.5 Å². The van der Waals surface area contributed by atoms with Gasteiger partial charge in [-0.15, -0.1) is 0 Å². The zero-order valence-electron chi connectivity index (χ0n) is 22.2. The van der Waals surface area contributed by atoms with Gasteiger partial charge in [0.15, 0.2) is 0 Å². The maximum atomic E-state index is 14.1. The van der Waals surface area contributed by atoms with E-state index in [2.05, 4.69) is 44.1 Å². The Morgan fingerprint density at radius 3 is 2.60 bits per heavy atom. The molecule has 2 aromatic heterocycles. The molecule has 7 nitrogen and oxygen atoms in total. The van der Waals surface area contributed by atoms with Crippen molar-refractivity contribution in [1.82, 2.24) is 20.3 Å². The fraction of sp³-hybridized carbons (Fsp3) is 0.250. The summed E-state index contributed by atoms with van der Waals surface area (Å²) in [6.45, 7) is 1.42. The van der Waals surface area contributed by atoms with Crippen molar-refractivity contribution < 1.29 is 9.18 Å². The number of hydrogen-bond donors (Lipinski definition) is 3. The van der Waals surface area contributed by atoms with Crippen LogP contribution in [0, 0.1) is 5.82 Å². The normalized spacial score (nSPS) is 12.7. The Labute approximate surface area is 232 Å². The lowest BCUT2D eigenvalue weighted by molar-refractivity contribution is 0.0953. The average molecular weight is 535 g/mol. The topological polar surface area (TPSA) is 91.8 Å². The molecule has 3 N–H and O–H groups in total. The van der Waals surface area contributed by atoms with Gasteiger partial charge in [0, 0.05) is 40.8 Å². The van der Waals surface area contributed by atoms with E-state index in [0.717, 1.165) is 37.7 Å². The standard InChI is InChI=1S/C32H31FN6O/c33-25-11-3-6-14-28(25)39-31-24-16-15-21(19-29(24)36-20-37-31)32(40)35-18-8-7-17-34-30-22-9-1-4-12-26(22)38-27-13-5-2-10-23(27)30/h1,3-4,6,9,11-12,14-16,19-20H,2,5,7-8,10,13,17-18H2,(H,34,38)(H,35,40)(H,36,37,39). The number of rotatable bonds is 9. The van der Waals surface area contributed by atoms with Gasteiger partial charge in [0.1, 0.15) is 18.0 Å². The molecule has 8 heteroatoms. The fourth-order valence-corrected chi connectivity index (χ4v) is 5.33. The summed E-state index contributed by atoms with van der Waals surface area (Å²) in [4.78, 5) is 26.3. The van der Waals surface area contributed by atoms with Crippen LogP contribution < -0.4 is 16.0 Å². The van der Waals surface area contributed by atoms with Crippen LogP contribution in [0.15, 0.2) is 73.1 Å². The number of carbonyl (C=O) groups is 1. The SMILES string of the molecule is O=C(NCCCCNc1c2c(nc3ccccc13)CCCC2)c1ccc2c(Nc3ccccc3F)ncnc2c1. The van der Waals surface area contributed by atoms with Crippen LogP contribution in [-0.2, 0) is 12.8 Å². The first-order valence-electron chi connectivity index (χ1n) is 13.9. The van der Waals surface area contributed by atoms with Gasteiger partial charge in [0.05, 0.1) is 16.7 Å². The van der Waals surface area contributed by atoms with Gasteiger partial charge in [-0.2, -0.15) is 0 Å². The number of amides is 1. The van der Waals surface area contributed by atoms with Crippen molar-refractivity contribution in [2.75, 3.05) is 23.7 Å². The number of pyridine rings is 1. The molecular weight excluding hydrogens is 503 g/mol. The number of aryl methyl sites for hydroxylation is 1. The molecule has 0 saturated heterocycles. The first kappa shape index (κ1) is 25.7. The first-order valence-corrected chi connectivity index (χ1v) is 13.9. The van der Waals surface area contributed by atoms with E-state index in [1.54, 1.807) is 36.4 Å². The van der Waals surface area contributed by atoms with Crippen LogP contribution in [0.3, 0.4) is 0 Å². The number of aromatic nitrogens is 3. The third-order valence-corrected chi connectivity index (χ3v) is 7.39. The molecule has 0 atom stereocenters. The summed E-state index contributed by atoms with van der Waals surface area (Å²) in [5, 5.41) is 11.6. The summed E-state index contributed by atoms with van der Waals surface area (Å²) in [7, 11) is 0. The van der Waals surface area contributed by atoms with E-state index in [0.29, 0.717) is 34.5 Å². The minimum absolute atomic E-state index is 0.147. The van der Waals surface area contributed by atoms with Crippen molar-refractivity contribution in [2.24, 2.45) is 0 Å². The second-order valence-electron chi connectivity index (χ2n) is 10.1. The van der Waals surface area contributed by atoms with Crippen molar-refractivity contribution in [2.45, 2.75) is 38.5 Å². The largest absolute Gasteiger partial charge is 0.384 e. The Balaban J connectivity index is 1.04.